The molecule has 1 saturated heterocycles. The number of aliphatic carboxylic acids is 3. The van der Waals surface area contributed by atoms with Gasteiger partial charge in [0, 0.05) is 68.2 Å². The van der Waals surface area contributed by atoms with Gasteiger partial charge >= 0.3 is 17.9 Å². The summed E-state index contributed by atoms with van der Waals surface area (Å²) in [5.74, 6) is -23.3. The molecule has 1 aliphatic carbocycles. The minimum atomic E-state index is -2.27. The van der Waals surface area contributed by atoms with Crippen LogP contribution in [0.15, 0.2) is 122 Å². The van der Waals surface area contributed by atoms with Crippen LogP contribution < -0.4 is 90.2 Å². The topological polar surface area (TPSA) is 689 Å². The lowest BCUT2D eigenvalue weighted by atomic mass is 9.84. The number of H-pyrrole nitrogens is 2. The Morgan fingerprint density at radius 3 is 1.65 bits per heavy atom. The van der Waals surface area contributed by atoms with Crippen molar-refractivity contribution in [2.45, 2.75) is 261 Å². The molecule has 46 heteroatoms. The van der Waals surface area contributed by atoms with Crippen molar-refractivity contribution in [1.29, 1.82) is 0 Å². The Bertz CT molecular complexity index is 5630. The maximum atomic E-state index is 15.5. The number of terminal acetylenes is 1. The quantitative estimate of drug-likeness (QED) is 0.0246. The van der Waals surface area contributed by atoms with Crippen LogP contribution in [0, 0.1) is 36.0 Å². The second-order valence-corrected chi connectivity index (χ2v) is 39.3. The summed E-state index contributed by atoms with van der Waals surface area (Å²) in [4.78, 5) is 286. The predicted octanol–water partition coefficient (Wildman–Crippen LogP) is -0.799. The summed E-state index contributed by atoms with van der Waals surface area (Å²) in [6.45, 7) is 12.3. The number of carbonyl (C=O) groups excluding carboxylic acids is 16. The number of ether oxygens (including phenoxy) is 1. The summed E-state index contributed by atoms with van der Waals surface area (Å²) < 4.78 is 5.33. The number of aliphatic hydroxyl groups excluding tert-OH is 1. The molecule has 0 radical (unpaired) electrons. The van der Waals surface area contributed by atoms with Crippen molar-refractivity contribution in [1.82, 2.24) is 99.6 Å². The van der Waals surface area contributed by atoms with Gasteiger partial charge < -0.3 is 131 Å². The summed E-state index contributed by atoms with van der Waals surface area (Å²) in [5, 5.41) is 91.2. The van der Waals surface area contributed by atoms with Crippen LogP contribution in [0.1, 0.15) is 156 Å². The van der Waals surface area contributed by atoms with E-state index in [1.807, 2.05) is 30.3 Å². The number of hydrogen-bond acceptors (Lipinski definition) is 25. The minimum absolute atomic E-state index is 0.0336. The van der Waals surface area contributed by atoms with Crippen LogP contribution in [0.4, 0.5) is 0 Å². The molecular formula is C101H136N20O25S. The molecule has 1 aliphatic heterocycles. The van der Waals surface area contributed by atoms with Gasteiger partial charge in [-0.1, -0.05) is 159 Å². The van der Waals surface area contributed by atoms with Crippen LogP contribution >= 0.6 is 11.8 Å². The molecule has 2 aliphatic rings. The van der Waals surface area contributed by atoms with E-state index in [-0.39, 0.29) is 61.1 Å². The maximum absolute atomic E-state index is 15.5. The van der Waals surface area contributed by atoms with E-state index in [4.69, 9.17) is 16.9 Å². The first kappa shape index (κ1) is 117. The fraction of sp³-hybridized carbons (Fsp3) is 0.505. The molecule has 0 unspecified atom stereocenters. The number of para-hydroxylation sites is 1. The number of carbonyl (C=O) groups is 19. The Morgan fingerprint density at radius 2 is 1.07 bits per heavy atom. The predicted molar refractivity (Wildman–Crippen MR) is 538 cm³/mol. The van der Waals surface area contributed by atoms with Crippen LogP contribution in [0.5, 0.6) is 5.75 Å². The normalized spacial score (nSPS) is 23.4. The zero-order valence-electron chi connectivity index (χ0n) is 83.9. The number of nitrogens with one attached hydrogen (secondary N) is 17. The molecule has 16 atom stereocenters. The second-order valence-electron chi connectivity index (χ2n) is 38.3. The molecule has 4 aromatic carbocycles. The van der Waals surface area contributed by atoms with Crippen LogP contribution in [-0.2, 0) is 117 Å². The summed E-state index contributed by atoms with van der Waals surface area (Å²) >= 11 is 0.593. The highest BCUT2D eigenvalue weighted by Gasteiger charge is 2.44. The largest absolute Gasteiger partial charge is 0.482 e. The molecule has 796 valence electrons. The Morgan fingerprint density at radius 1 is 0.558 bits per heavy atom. The Balaban J connectivity index is 1.22. The number of fused-ring (bicyclic) bond motifs is 1. The van der Waals surface area contributed by atoms with Gasteiger partial charge in [-0.05, 0) is 123 Å². The van der Waals surface area contributed by atoms with E-state index in [1.54, 1.807) is 96.3 Å². The number of hydrogen-bond donors (Lipinski definition) is 23. The van der Waals surface area contributed by atoms with E-state index in [2.05, 4.69) is 101 Å². The summed E-state index contributed by atoms with van der Waals surface area (Å²) in [5.41, 5.74) is 7.28. The van der Waals surface area contributed by atoms with E-state index in [0.29, 0.717) is 46.6 Å². The molecule has 24 N–H and O–H groups in total. The standard InChI is InChI=1S/C101H136N20O25S/c1-13-22-69(100(143)144)109-85(128)56(8)106-96(139)78-50-147-51-79(123)107-75(44-64-47-103-52-105-64)90(133)112-71(42-60-31-35-65(36-32-60)146-49-81(126)127)89(132)114-76(45-80(124)125)91(134)113-74(43-63-46-104-67-28-21-20-27-66(63)67)93(136)118-82(54(4)5)97(140)115-72(41-59-29-33-62(34-30-59)61-25-18-15-19-26-61)92(135)119-83(55(6)7)99(142)121(12)57(9)86(129)110-70(39-53(2)3)88(131)108-68(37-38-102)87(130)111-73(40-58-23-16-14-17-24-58)94(137)120-84(101(10,11)145)98(141)116-77(48-122)95(138)117-78/h1,15,18-21,25-36,46-47,52-58,68-78,82-84,104,122,145H,14,16-17,22-24,37-45,48-51,102H2,2-12H3,(H,103,105)(H,106,139)(H,107,123)(H,108,131)(H,109,128)(H,110,129)(H,111,130)(H,112,133)(H,113,134)(H,114,132)(H,115,140)(H,116,141)(H,117,138)(H,118,136)(H,119,135)(H,120,137)(H,124,125)(H,126,127)(H,143,144)/t56-,57+,68+,69+,70-,71+,72+,73+,74+,75+,76+,77+,78+,82+,83+,84-/m1/s1. The second kappa shape index (κ2) is 56.6. The van der Waals surface area contributed by atoms with E-state index in [1.165, 1.54) is 50.8 Å². The highest BCUT2D eigenvalue weighted by molar-refractivity contribution is 8.00. The van der Waals surface area contributed by atoms with Crippen LogP contribution in [0.3, 0.4) is 0 Å². The maximum Gasteiger partial charge on any atom is 0.341 e. The average Bonchev–Trinajstić information content (AvgIpc) is 1.66. The highest BCUT2D eigenvalue weighted by atomic mass is 32.2. The Hall–Kier alpha value is -14.8. The van der Waals surface area contributed by atoms with Gasteiger partial charge in [-0.25, -0.2) is 14.6 Å². The summed E-state index contributed by atoms with van der Waals surface area (Å²) in [6.07, 6.45) is 9.21. The minimum Gasteiger partial charge on any atom is -0.482 e. The number of carboxylic acids is 3. The molecule has 147 heavy (non-hydrogen) atoms. The summed E-state index contributed by atoms with van der Waals surface area (Å²) in [7, 11) is 1.29. The van der Waals surface area contributed by atoms with Crippen molar-refractivity contribution in [3.8, 4) is 29.2 Å². The zero-order valence-corrected chi connectivity index (χ0v) is 84.7. The summed E-state index contributed by atoms with van der Waals surface area (Å²) in [6, 6.07) is 1.16. The number of nitrogens with two attached hydrogens (primary N) is 1. The first-order valence-corrected chi connectivity index (χ1v) is 49.7. The number of nitrogens with zero attached hydrogens (tertiary/aromatic N) is 2. The number of aromatic nitrogens is 3. The van der Waals surface area contributed by atoms with E-state index in [0.717, 1.165) is 56.1 Å². The van der Waals surface area contributed by atoms with Gasteiger partial charge in [0.25, 0.3) is 0 Å². The lowest BCUT2D eigenvalue weighted by molar-refractivity contribution is -0.143. The number of thioether (sulfide) groups is 1. The van der Waals surface area contributed by atoms with Crippen molar-refractivity contribution in [2.24, 2.45) is 29.4 Å². The first-order chi connectivity index (χ1) is 69.6. The van der Waals surface area contributed by atoms with Crippen molar-refractivity contribution in [2.75, 3.05) is 38.3 Å². The molecular weight excluding hydrogens is 1930 g/mol. The molecule has 2 fully saturated rings. The molecule has 3 heterocycles. The Labute approximate surface area is 854 Å². The zero-order chi connectivity index (χ0) is 108. The van der Waals surface area contributed by atoms with Crippen LogP contribution in [0.25, 0.3) is 22.0 Å². The molecule has 2 aromatic heterocycles. The van der Waals surface area contributed by atoms with Gasteiger partial charge in [0.05, 0.1) is 36.4 Å². The van der Waals surface area contributed by atoms with E-state index in [9.17, 15) is 78.3 Å². The SMILES string of the molecule is C#CC[C@H](NC(=O)[C@@H](C)NC(=O)[C@@H]1CSCC(=O)N[C@@H](Cc2c[nH]cn2)C(=O)N[C@@H](Cc2ccc(OCC(=O)O)cc2)C(=O)N[C@@H](CC(=O)O)C(=O)N[C@@H](Cc2c[nH]c3ccccc23)C(=O)N[C@@H](C(C)C)C(=O)N[C@@H](Cc2ccc(-c3ccccc3)cc2)C(=O)N[C@@H](C(C)C)C(=O)N(C)[C@@H](C)C(=O)N[C@H](CC(C)C)C(=O)N[C@@H](CCN)C(=O)N[C@@H](CC2CCCCC2)C(=O)N[C@@H](C(C)(C)O)C(=O)N[C@@H](CO)C(=O)N1)C(=O)O. The molecule has 1 saturated carbocycles. The number of imidazole rings is 1. The molecule has 16 amide bonds. The number of carboxylic acid groups (broad SMARTS) is 3. The van der Waals surface area contributed by atoms with E-state index >= 15 is 38.4 Å². The first-order valence-electron chi connectivity index (χ1n) is 48.6. The monoisotopic (exact) mass is 2060 g/mol. The van der Waals surface area contributed by atoms with Crippen molar-refractivity contribution >= 4 is 135 Å². The lowest BCUT2D eigenvalue weighted by Crippen LogP contribution is -2.65. The highest BCUT2D eigenvalue weighted by Crippen LogP contribution is 2.29. The van der Waals surface area contributed by atoms with Gasteiger partial charge in [0.15, 0.2) is 6.61 Å². The third-order valence-corrected chi connectivity index (χ3v) is 25.9. The molecule has 45 nitrogen and oxygen atoms in total. The third kappa shape index (κ3) is 36.4. The van der Waals surface area contributed by atoms with Gasteiger partial charge in [0.1, 0.15) is 102 Å². The van der Waals surface area contributed by atoms with Crippen molar-refractivity contribution in [3.05, 3.63) is 144 Å². The van der Waals surface area contributed by atoms with Gasteiger partial charge in [-0.15, -0.1) is 24.1 Å². The number of amides is 16. The van der Waals surface area contributed by atoms with Crippen molar-refractivity contribution < 1.29 is 121 Å². The fourth-order valence-corrected chi connectivity index (χ4v) is 17.4. The van der Waals surface area contributed by atoms with E-state index < -0.39 is 283 Å². The molecule has 0 spiro atoms. The third-order valence-electron chi connectivity index (χ3n) is 24.9. The van der Waals surface area contributed by atoms with Gasteiger partial charge in [-0.2, -0.15) is 0 Å². The smallest absolute Gasteiger partial charge is 0.341 e. The van der Waals surface area contributed by atoms with Gasteiger partial charge in [-0.3, -0.25) is 81.5 Å². The van der Waals surface area contributed by atoms with Crippen molar-refractivity contribution in [3.63, 3.8) is 0 Å². The number of rotatable bonds is 30. The lowest BCUT2D eigenvalue weighted by Gasteiger charge is -2.33. The molecule has 6 aromatic rings. The Kier molecular flexibility index (Phi) is 45.2. The number of aliphatic hydroxyl groups is 2. The van der Waals surface area contributed by atoms with Crippen LogP contribution in [0.2, 0.25) is 0 Å². The number of likely N-dealkylation sites (N-methyl/N-ethyl adjacent to an activating group) is 1. The number of aromatic amines is 2. The molecule has 8 rings (SSSR count). The van der Waals surface area contributed by atoms with Crippen LogP contribution in [-0.4, -0.2) is 298 Å². The number of benzene rings is 4. The molecule has 0 bridgehead atoms. The van der Waals surface area contributed by atoms with Gasteiger partial charge in [0.2, 0.25) is 94.5 Å². The fourth-order valence-electron chi connectivity index (χ4n) is 16.5. The average molecular weight is 2060 g/mol.